The predicted molar refractivity (Wildman–Crippen MR) is 48.4 cm³/mol. The molecule has 0 aliphatic carbocycles. The second kappa shape index (κ2) is 5.13. The number of carbonyl (C=O) groups is 3. The fourth-order valence-corrected chi connectivity index (χ4v) is 0.657. The van der Waals surface area contributed by atoms with E-state index in [4.69, 9.17) is 10.8 Å². The molecule has 0 aromatic rings. The minimum Gasteiger partial charge on any atom is -0.480 e. The fourth-order valence-electron chi connectivity index (χ4n) is 0.657. The van der Waals surface area contributed by atoms with Gasteiger partial charge in [0.1, 0.15) is 12.6 Å². The van der Waals surface area contributed by atoms with E-state index in [0.717, 1.165) is 0 Å². The van der Waals surface area contributed by atoms with Crippen LogP contribution in [0.5, 0.6) is 0 Å². The van der Waals surface area contributed by atoms with Crippen molar-refractivity contribution in [3.63, 3.8) is 0 Å². The van der Waals surface area contributed by atoms with Gasteiger partial charge >= 0.3 is 5.97 Å². The molecule has 0 radical (unpaired) electrons. The monoisotopic (exact) mass is 200 g/mol. The summed E-state index contributed by atoms with van der Waals surface area (Å²) in [5.41, 5.74) is 5.39. The zero-order valence-corrected chi connectivity index (χ0v) is 7.74. The number of nitrogens with one attached hydrogen (secondary N) is 1. The lowest BCUT2D eigenvalue weighted by atomic mass is 10.1. The van der Waals surface area contributed by atoms with Crippen LogP contribution in [-0.2, 0) is 14.4 Å². The maximum Gasteiger partial charge on any atom is 0.322 e. The highest BCUT2D eigenvalue weighted by atomic mass is 16.4. The van der Waals surface area contributed by atoms with E-state index < -0.39 is 30.2 Å². The van der Waals surface area contributed by atoms with Gasteiger partial charge in [-0.3, -0.25) is 14.4 Å². The highest BCUT2D eigenvalue weighted by molar-refractivity contribution is 6.12. The second-order valence-corrected chi connectivity index (χ2v) is 2.73. The molecule has 4 N–H and O–H groups in total. The number of carbonyl (C=O) groups excluding carboxylic acids is 2. The highest BCUT2D eigenvalue weighted by Crippen LogP contribution is 1.94. The summed E-state index contributed by atoms with van der Waals surface area (Å²) < 4.78 is 0. The third kappa shape index (κ3) is 3.81. The van der Waals surface area contributed by atoms with E-state index in [-0.39, 0.29) is 5.57 Å². The molecule has 0 bridgehead atoms. The van der Waals surface area contributed by atoms with Crippen LogP contribution in [0.1, 0.15) is 6.92 Å². The first-order chi connectivity index (χ1) is 6.36. The number of carboxylic acid groups (broad SMARTS) is 1. The second-order valence-electron chi connectivity index (χ2n) is 2.73. The van der Waals surface area contributed by atoms with Crippen molar-refractivity contribution in [3.8, 4) is 0 Å². The summed E-state index contributed by atoms with van der Waals surface area (Å²) in [6, 6.07) is -1.38. The van der Waals surface area contributed by atoms with Crippen molar-refractivity contribution in [3.05, 3.63) is 12.2 Å². The zero-order chi connectivity index (χ0) is 11.3. The fraction of sp³-hybridized carbons (Fsp3) is 0.375. The van der Waals surface area contributed by atoms with Crippen LogP contribution in [0.2, 0.25) is 0 Å². The summed E-state index contributed by atoms with van der Waals surface area (Å²) in [6.45, 7) is 4.19. The smallest absolute Gasteiger partial charge is 0.322 e. The van der Waals surface area contributed by atoms with Crippen LogP contribution in [0.25, 0.3) is 0 Å². The van der Waals surface area contributed by atoms with Crippen molar-refractivity contribution in [2.45, 2.75) is 13.0 Å². The van der Waals surface area contributed by atoms with E-state index in [2.05, 4.69) is 6.58 Å². The van der Waals surface area contributed by atoms with Crippen molar-refractivity contribution in [1.29, 1.82) is 0 Å². The SMILES string of the molecule is C=C(C)C(=O)C(N)C(=O)NCC(=O)O. The van der Waals surface area contributed by atoms with E-state index in [1.165, 1.54) is 6.92 Å². The van der Waals surface area contributed by atoms with Gasteiger partial charge in [0, 0.05) is 0 Å². The van der Waals surface area contributed by atoms with Crippen LogP contribution in [0, 0.1) is 0 Å². The number of amides is 1. The first-order valence-corrected chi connectivity index (χ1v) is 3.81. The zero-order valence-electron chi connectivity index (χ0n) is 7.74. The van der Waals surface area contributed by atoms with Crippen molar-refractivity contribution in [1.82, 2.24) is 5.32 Å². The Morgan fingerprint density at radius 1 is 1.50 bits per heavy atom. The summed E-state index contributed by atoms with van der Waals surface area (Å²) in [6.07, 6.45) is 0. The Balaban J connectivity index is 4.19. The molecule has 0 saturated carbocycles. The molecule has 6 heteroatoms. The summed E-state index contributed by atoms with van der Waals surface area (Å²) in [5, 5.41) is 10.2. The summed E-state index contributed by atoms with van der Waals surface area (Å²) >= 11 is 0. The summed E-state index contributed by atoms with van der Waals surface area (Å²) in [5.74, 6) is -2.62. The lowest BCUT2D eigenvalue weighted by Crippen LogP contribution is -2.47. The van der Waals surface area contributed by atoms with Gasteiger partial charge in [-0.15, -0.1) is 0 Å². The van der Waals surface area contributed by atoms with Gasteiger partial charge in [0.05, 0.1) is 0 Å². The van der Waals surface area contributed by atoms with Crippen LogP contribution in [0.15, 0.2) is 12.2 Å². The molecule has 1 unspecified atom stereocenters. The molecule has 0 rings (SSSR count). The van der Waals surface area contributed by atoms with Gasteiger partial charge in [-0.25, -0.2) is 0 Å². The molecular weight excluding hydrogens is 188 g/mol. The summed E-state index contributed by atoms with van der Waals surface area (Å²) in [4.78, 5) is 32.2. The average Bonchev–Trinajstić information content (AvgIpc) is 2.11. The molecule has 0 fully saturated rings. The minimum absolute atomic E-state index is 0.156. The van der Waals surface area contributed by atoms with Gasteiger partial charge < -0.3 is 16.2 Å². The molecule has 14 heavy (non-hydrogen) atoms. The van der Waals surface area contributed by atoms with Gasteiger partial charge in [0.25, 0.3) is 0 Å². The Morgan fingerprint density at radius 3 is 2.36 bits per heavy atom. The number of nitrogens with two attached hydrogens (primary N) is 1. The van der Waals surface area contributed by atoms with Gasteiger partial charge in [-0.2, -0.15) is 0 Å². The Morgan fingerprint density at radius 2 is 2.00 bits per heavy atom. The van der Waals surface area contributed by atoms with Crippen molar-refractivity contribution in [2.75, 3.05) is 6.54 Å². The molecule has 0 aliphatic heterocycles. The molecule has 0 aromatic carbocycles. The summed E-state index contributed by atoms with van der Waals surface area (Å²) in [7, 11) is 0. The van der Waals surface area contributed by atoms with E-state index in [1.54, 1.807) is 0 Å². The molecule has 0 spiro atoms. The van der Waals surface area contributed by atoms with Gasteiger partial charge in [-0.1, -0.05) is 6.58 Å². The highest BCUT2D eigenvalue weighted by Gasteiger charge is 2.22. The molecule has 0 heterocycles. The number of Topliss-reactive ketones (excluding diaryl/α,β-unsaturated/α-hetero) is 1. The molecular formula is C8H12N2O4. The normalized spacial score (nSPS) is 11.6. The first kappa shape index (κ1) is 12.3. The Hall–Kier alpha value is -1.69. The maximum absolute atomic E-state index is 11.1. The van der Waals surface area contributed by atoms with E-state index in [1.807, 2.05) is 5.32 Å². The van der Waals surface area contributed by atoms with Crippen LogP contribution in [0.4, 0.5) is 0 Å². The number of hydrogen-bond donors (Lipinski definition) is 3. The maximum atomic E-state index is 11.1. The van der Waals surface area contributed by atoms with Crippen LogP contribution >= 0.6 is 0 Å². The quantitative estimate of drug-likeness (QED) is 0.376. The Labute approximate surface area is 80.8 Å². The lowest BCUT2D eigenvalue weighted by Gasteiger charge is -2.09. The molecule has 1 amide bonds. The number of hydrogen-bond acceptors (Lipinski definition) is 4. The van der Waals surface area contributed by atoms with Gasteiger partial charge in [-0.05, 0) is 12.5 Å². The minimum atomic E-state index is -1.38. The lowest BCUT2D eigenvalue weighted by molar-refractivity contribution is -0.138. The first-order valence-electron chi connectivity index (χ1n) is 3.81. The van der Waals surface area contributed by atoms with Crippen LogP contribution < -0.4 is 11.1 Å². The largest absolute Gasteiger partial charge is 0.480 e. The van der Waals surface area contributed by atoms with E-state index in [0.29, 0.717) is 0 Å². The van der Waals surface area contributed by atoms with Crippen molar-refractivity contribution >= 4 is 17.7 Å². The standard InChI is InChI=1S/C8H12N2O4/c1-4(2)7(13)6(9)8(14)10-3-5(11)12/h6H,1,3,9H2,2H3,(H,10,14)(H,11,12). The Bertz CT molecular complexity index is 285. The number of ketones is 1. The molecule has 0 aliphatic rings. The third-order valence-electron chi connectivity index (χ3n) is 1.40. The Kier molecular flexibility index (Phi) is 4.51. The number of carboxylic acids is 1. The number of aliphatic carboxylic acids is 1. The van der Waals surface area contributed by atoms with Gasteiger partial charge in [0.15, 0.2) is 5.78 Å². The van der Waals surface area contributed by atoms with Crippen molar-refractivity contribution < 1.29 is 19.5 Å². The van der Waals surface area contributed by atoms with Crippen LogP contribution in [0.3, 0.4) is 0 Å². The molecule has 0 saturated heterocycles. The van der Waals surface area contributed by atoms with Crippen LogP contribution in [-0.4, -0.2) is 35.4 Å². The van der Waals surface area contributed by atoms with E-state index in [9.17, 15) is 14.4 Å². The van der Waals surface area contributed by atoms with E-state index >= 15 is 0 Å². The van der Waals surface area contributed by atoms with Gasteiger partial charge in [0.2, 0.25) is 5.91 Å². The predicted octanol–water partition coefficient (Wildman–Crippen LogP) is -1.34. The van der Waals surface area contributed by atoms with Crippen molar-refractivity contribution in [2.24, 2.45) is 5.73 Å². The molecule has 0 aromatic heterocycles. The number of rotatable bonds is 5. The topological polar surface area (TPSA) is 109 Å². The molecule has 6 nitrogen and oxygen atoms in total. The molecule has 1 atom stereocenters. The molecule has 78 valence electrons. The third-order valence-corrected chi connectivity index (χ3v) is 1.40. The average molecular weight is 200 g/mol.